The fraction of sp³-hybridized carbons (Fsp3) is 0.375. The first kappa shape index (κ1) is 16.9. The lowest BCUT2D eigenvalue weighted by Gasteiger charge is -2.05. The highest BCUT2D eigenvalue weighted by Crippen LogP contribution is 2.11. The molecule has 5 heteroatoms. The third-order valence-corrected chi connectivity index (χ3v) is 2.65. The maximum absolute atomic E-state index is 11.6. The fourth-order valence-corrected chi connectivity index (χ4v) is 1.63. The quantitative estimate of drug-likeness (QED) is 0.454. The van der Waals surface area contributed by atoms with Crippen LogP contribution in [0.4, 0.5) is 5.69 Å². The van der Waals surface area contributed by atoms with Crippen molar-refractivity contribution in [3.63, 3.8) is 0 Å². The second kappa shape index (κ2) is 9.72. The summed E-state index contributed by atoms with van der Waals surface area (Å²) < 4.78 is 9.69. The van der Waals surface area contributed by atoms with Crippen LogP contribution in [0.3, 0.4) is 0 Å². The molecule has 0 aliphatic heterocycles. The summed E-state index contributed by atoms with van der Waals surface area (Å²) in [6, 6.07) is 7.22. The molecular weight excluding hydrogens is 270 g/mol. The van der Waals surface area contributed by atoms with E-state index in [4.69, 9.17) is 9.47 Å². The third-order valence-electron chi connectivity index (χ3n) is 2.65. The summed E-state index contributed by atoms with van der Waals surface area (Å²) in [6.07, 6.45) is 4.17. The third kappa shape index (κ3) is 7.27. The Labute approximate surface area is 124 Å². The second-order valence-electron chi connectivity index (χ2n) is 4.35. The van der Waals surface area contributed by atoms with Crippen LogP contribution in [0, 0.1) is 0 Å². The van der Waals surface area contributed by atoms with Gasteiger partial charge in [0, 0.05) is 31.9 Å². The van der Waals surface area contributed by atoms with Crippen LogP contribution in [0.2, 0.25) is 0 Å². The Morgan fingerprint density at radius 2 is 1.95 bits per heavy atom. The van der Waals surface area contributed by atoms with E-state index in [0.717, 1.165) is 11.3 Å². The number of ether oxygens (including phenoxy) is 2. The van der Waals surface area contributed by atoms with E-state index < -0.39 is 0 Å². The molecule has 0 aliphatic carbocycles. The molecule has 0 atom stereocenters. The molecule has 0 spiro atoms. The highest BCUT2D eigenvalue weighted by atomic mass is 16.5. The first-order valence-electron chi connectivity index (χ1n) is 6.89. The van der Waals surface area contributed by atoms with Crippen LogP contribution < -0.4 is 5.32 Å². The van der Waals surface area contributed by atoms with Crippen molar-refractivity contribution < 1.29 is 19.1 Å². The number of carbonyl (C=O) groups is 2. The minimum atomic E-state index is -0.368. The highest BCUT2D eigenvalue weighted by molar-refractivity contribution is 5.91. The number of nitrogens with one attached hydrogen (secondary N) is 1. The van der Waals surface area contributed by atoms with Gasteiger partial charge in [-0.15, -0.1) is 0 Å². The number of amides is 1. The molecule has 0 heterocycles. The molecule has 0 saturated carbocycles. The molecule has 1 rings (SSSR count). The van der Waals surface area contributed by atoms with Crippen molar-refractivity contribution >= 4 is 23.6 Å². The molecular formula is C16H21NO4. The molecule has 0 fully saturated rings. The van der Waals surface area contributed by atoms with Crippen molar-refractivity contribution in [3.05, 3.63) is 35.9 Å². The van der Waals surface area contributed by atoms with Crippen molar-refractivity contribution in [3.8, 4) is 0 Å². The predicted octanol–water partition coefficient (Wildman–Crippen LogP) is 2.63. The summed E-state index contributed by atoms with van der Waals surface area (Å²) in [5, 5.41) is 2.80. The van der Waals surface area contributed by atoms with Gasteiger partial charge in [0.1, 0.15) is 0 Å². The van der Waals surface area contributed by atoms with Crippen molar-refractivity contribution in [1.29, 1.82) is 0 Å². The topological polar surface area (TPSA) is 64.6 Å². The van der Waals surface area contributed by atoms with Gasteiger partial charge in [0.05, 0.1) is 6.61 Å². The van der Waals surface area contributed by atoms with Crippen molar-refractivity contribution in [1.82, 2.24) is 0 Å². The maximum atomic E-state index is 11.6. The van der Waals surface area contributed by atoms with Crippen LogP contribution in [-0.4, -0.2) is 32.2 Å². The standard InChI is InChI=1S/C16H21NO4/c1-3-21-16(19)11-8-13-6-9-14(10-7-13)17-15(18)5-4-12-20-2/h6-11H,3-5,12H2,1-2H3,(H,17,18)/b11-8+. The van der Waals surface area contributed by atoms with E-state index in [1.165, 1.54) is 6.08 Å². The zero-order chi connectivity index (χ0) is 15.5. The minimum absolute atomic E-state index is 0.0399. The first-order valence-corrected chi connectivity index (χ1v) is 6.89. The lowest BCUT2D eigenvalue weighted by atomic mass is 10.2. The van der Waals surface area contributed by atoms with Crippen molar-refractivity contribution in [2.24, 2.45) is 0 Å². The molecule has 0 aromatic heterocycles. The van der Waals surface area contributed by atoms with Gasteiger partial charge in [-0.25, -0.2) is 4.79 Å². The van der Waals surface area contributed by atoms with Gasteiger partial charge >= 0.3 is 5.97 Å². The molecule has 0 unspecified atom stereocenters. The van der Waals surface area contributed by atoms with Crippen LogP contribution in [0.25, 0.3) is 6.08 Å². The average molecular weight is 291 g/mol. The highest BCUT2D eigenvalue weighted by Gasteiger charge is 2.02. The Morgan fingerprint density at radius 1 is 1.24 bits per heavy atom. The van der Waals surface area contributed by atoms with Crippen LogP contribution in [-0.2, 0) is 19.1 Å². The predicted molar refractivity (Wildman–Crippen MR) is 81.8 cm³/mol. The minimum Gasteiger partial charge on any atom is -0.463 e. The first-order chi connectivity index (χ1) is 10.2. The van der Waals surface area contributed by atoms with Crippen LogP contribution >= 0.6 is 0 Å². The average Bonchev–Trinajstić information content (AvgIpc) is 2.47. The van der Waals surface area contributed by atoms with E-state index in [-0.39, 0.29) is 11.9 Å². The monoisotopic (exact) mass is 291 g/mol. The zero-order valence-corrected chi connectivity index (χ0v) is 12.4. The maximum Gasteiger partial charge on any atom is 0.330 e. The Bertz CT molecular complexity index is 480. The summed E-state index contributed by atoms with van der Waals surface area (Å²) >= 11 is 0. The second-order valence-corrected chi connectivity index (χ2v) is 4.35. The van der Waals surface area contributed by atoms with Crippen molar-refractivity contribution in [2.45, 2.75) is 19.8 Å². The summed E-state index contributed by atoms with van der Waals surface area (Å²) in [5.74, 6) is -0.408. The summed E-state index contributed by atoms with van der Waals surface area (Å²) in [4.78, 5) is 22.8. The van der Waals surface area contributed by atoms with Gasteiger partial charge < -0.3 is 14.8 Å². The van der Waals surface area contributed by atoms with Gasteiger partial charge in [0.25, 0.3) is 0 Å². The molecule has 0 aliphatic rings. The van der Waals surface area contributed by atoms with E-state index in [0.29, 0.717) is 26.1 Å². The van der Waals surface area contributed by atoms with Crippen LogP contribution in [0.5, 0.6) is 0 Å². The van der Waals surface area contributed by atoms with E-state index in [1.807, 2.05) is 12.1 Å². The Hall–Kier alpha value is -2.14. The van der Waals surface area contributed by atoms with E-state index >= 15 is 0 Å². The van der Waals surface area contributed by atoms with Crippen LogP contribution in [0.1, 0.15) is 25.3 Å². The fourth-order valence-electron chi connectivity index (χ4n) is 1.63. The molecule has 0 bridgehead atoms. The number of esters is 1. The van der Waals surface area contributed by atoms with Gasteiger partial charge in [0.2, 0.25) is 5.91 Å². The van der Waals surface area contributed by atoms with Gasteiger partial charge in [-0.05, 0) is 37.1 Å². The van der Waals surface area contributed by atoms with Gasteiger partial charge in [0.15, 0.2) is 0 Å². The summed E-state index contributed by atoms with van der Waals surface area (Å²) in [7, 11) is 1.61. The normalized spacial score (nSPS) is 10.6. The molecule has 0 radical (unpaired) electrons. The summed E-state index contributed by atoms with van der Waals surface area (Å²) in [6.45, 7) is 2.69. The van der Waals surface area contributed by atoms with Crippen molar-refractivity contribution in [2.75, 3.05) is 25.6 Å². The lowest BCUT2D eigenvalue weighted by Crippen LogP contribution is -2.11. The Kier molecular flexibility index (Phi) is 7.82. The smallest absolute Gasteiger partial charge is 0.330 e. The van der Waals surface area contributed by atoms with Gasteiger partial charge in [-0.1, -0.05) is 12.1 Å². The molecule has 1 amide bonds. The van der Waals surface area contributed by atoms with Gasteiger partial charge in [-0.2, -0.15) is 0 Å². The van der Waals surface area contributed by atoms with Crippen LogP contribution in [0.15, 0.2) is 30.3 Å². The molecule has 1 aromatic carbocycles. The molecule has 21 heavy (non-hydrogen) atoms. The summed E-state index contributed by atoms with van der Waals surface area (Å²) in [5.41, 5.74) is 1.59. The SMILES string of the molecule is CCOC(=O)/C=C/c1ccc(NC(=O)CCCOC)cc1. The molecule has 5 nitrogen and oxygen atoms in total. The number of anilines is 1. The molecule has 1 N–H and O–H groups in total. The van der Waals surface area contributed by atoms with E-state index in [9.17, 15) is 9.59 Å². The number of carbonyl (C=O) groups excluding carboxylic acids is 2. The zero-order valence-electron chi connectivity index (χ0n) is 12.4. The van der Waals surface area contributed by atoms with E-state index in [2.05, 4.69) is 5.32 Å². The number of benzene rings is 1. The number of methoxy groups -OCH3 is 1. The number of hydrogen-bond acceptors (Lipinski definition) is 4. The largest absolute Gasteiger partial charge is 0.463 e. The molecule has 114 valence electrons. The number of rotatable bonds is 8. The Morgan fingerprint density at radius 3 is 2.57 bits per heavy atom. The Balaban J connectivity index is 2.46. The molecule has 0 saturated heterocycles. The van der Waals surface area contributed by atoms with E-state index in [1.54, 1.807) is 32.2 Å². The molecule has 1 aromatic rings. The number of hydrogen-bond donors (Lipinski definition) is 1. The van der Waals surface area contributed by atoms with Gasteiger partial charge in [-0.3, -0.25) is 4.79 Å². The lowest BCUT2D eigenvalue weighted by molar-refractivity contribution is -0.137.